The van der Waals surface area contributed by atoms with Gasteiger partial charge >= 0.3 is 0 Å². The Kier molecular flexibility index (Phi) is 6.87. The fourth-order valence-electron chi connectivity index (χ4n) is 3.32. The Balaban J connectivity index is 1.74. The van der Waals surface area contributed by atoms with Gasteiger partial charge in [-0.2, -0.15) is 4.31 Å². The normalized spacial score (nSPS) is 13.0. The summed E-state index contributed by atoms with van der Waals surface area (Å²) >= 11 is 0. The molecule has 0 aliphatic carbocycles. The first kappa shape index (κ1) is 22.0. The molecule has 30 heavy (non-hydrogen) atoms. The zero-order chi connectivity index (χ0) is 21.7. The number of hydrogen-bond acceptors (Lipinski definition) is 4. The molecule has 3 rings (SSSR count). The zero-order valence-electron chi connectivity index (χ0n) is 17.4. The predicted molar refractivity (Wildman–Crippen MR) is 120 cm³/mol. The molecule has 3 aromatic carbocycles. The summed E-state index contributed by atoms with van der Waals surface area (Å²) in [4.78, 5) is 14.8. The third-order valence-electron chi connectivity index (χ3n) is 4.88. The molecule has 1 atom stereocenters. The largest absolute Gasteiger partial charge is 0.347 e. The van der Waals surface area contributed by atoms with Gasteiger partial charge in [0, 0.05) is 13.6 Å². The number of sulfonamides is 1. The lowest BCUT2D eigenvalue weighted by atomic mass is 10.1. The van der Waals surface area contributed by atoms with E-state index in [-0.39, 0.29) is 23.4 Å². The molecule has 0 saturated heterocycles. The monoisotopic (exact) mass is 425 g/mol. The van der Waals surface area contributed by atoms with Crippen molar-refractivity contribution >= 4 is 26.7 Å². The van der Waals surface area contributed by atoms with Crippen LogP contribution >= 0.6 is 0 Å². The molecular formula is C23H27N3O3S. The molecular weight excluding hydrogens is 398 g/mol. The van der Waals surface area contributed by atoms with Crippen molar-refractivity contribution in [3.63, 3.8) is 0 Å². The highest BCUT2D eigenvalue weighted by Crippen LogP contribution is 2.21. The van der Waals surface area contributed by atoms with E-state index in [1.807, 2.05) is 73.6 Å². The molecule has 1 N–H and O–H groups in total. The molecule has 0 aliphatic heterocycles. The molecule has 158 valence electrons. The molecule has 3 aromatic rings. The number of likely N-dealkylation sites (N-methyl/N-ethyl adjacent to an activating group) is 2. The second kappa shape index (κ2) is 9.38. The lowest BCUT2D eigenvalue weighted by molar-refractivity contribution is -0.122. The van der Waals surface area contributed by atoms with Crippen molar-refractivity contribution in [1.29, 1.82) is 0 Å². The summed E-state index contributed by atoms with van der Waals surface area (Å²) in [7, 11) is 1.50. The molecule has 6 nitrogen and oxygen atoms in total. The van der Waals surface area contributed by atoms with Crippen LogP contribution in [0.1, 0.15) is 11.6 Å². The third kappa shape index (κ3) is 5.24. The van der Waals surface area contributed by atoms with E-state index >= 15 is 0 Å². The molecule has 0 aliphatic rings. The molecule has 0 heterocycles. The minimum absolute atomic E-state index is 0.171. The second-order valence-corrected chi connectivity index (χ2v) is 9.61. The number of carbonyl (C=O) groups excluding carboxylic acids is 1. The van der Waals surface area contributed by atoms with Crippen LogP contribution in [0.2, 0.25) is 0 Å². The van der Waals surface area contributed by atoms with Crippen LogP contribution in [0.25, 0.3) is 10.8 Å². The van der Waals surface area contributed by atoms with Gasteiger partial charge in [0.1, 0.15) is 0 Å². The van der Waals surface area contributed by atoms with E-state index in [0.29, 0.717) is 6.54 Å². The maximum atomic E-state index is 13.0. The molecule has 7 heteroatoms. The van der Waals surface area contributed by atoms with Crippen molar-refractivity contribution in [3.8, 4) is 0 Å². The fraction of sp³-hybridized carbons (Fsp3) is 0.261. The summed E-state index contributed by atoms with van der Waals surface area (Å²) in [5.74, 6) is -0.349. The first-order chi connectivity index (χ1) is 14.3. The number of nitrogens with zero attached hydrogens (tertiary/aromatic N) is 2. The van der Waals surface area contributed by atoms with Crippen LogP contribution in [-0.2, 0) is 14.8 Å². The van der Waals surface area contributed by atoms with Crippen LogP contribution in [0.4, 0.5) is 0 Å². The number of carbonyl (C=O) groups is 1. The summed E-state index contributed by atoms with van der Waals surface area (Å²) in [5.41, 5.74) is 0.972. The maximum Gasteiger partial charge on any atom is 0.243 e. The second-order valence-electron chi connectivity index (χ2n) is 7.56. The number of nitrogens with one attached hydrogen (secondary N) is 1. The highest BCUT2D eigenvalue weighted by atomic mass is 32.2. The molecule has 0 fully saturated rings. The minimum atomic E-state index is -3.79. The molecule has 0 radical (unpaired) electrons. The topological polar surface area (TPSA) is 69.7 Å². The van der Waals surface area contributed by atoms with Gasteiger partial charge in [-0.05, 0) is 42.6 Å². The molecule has 0 saturated carbocycles. The van der Waals surface area contributed by atoms with E-state index in [1.54, 1.807) is 18.2 Å². The average molecular weight is 426 g/mol. The SMILES string of the molecule is CN(C)C[C@@H](NC(=O)CN(C)S(=O)(=O)c1ccc2ccccc2c1)c1ccccc1. The van der Waals surface area contributed by atoms with Crippen LogP contribution in [0.3, 0.4) is 0 Å². The van der Waals surface area contributed by atoms with Crippen LogP contribution < -0.4 is 5.32 Å². The summed E-state index contributed by atoms with van der Waals surface area (Å²) in [6.07, 6.45) is 0. The maximum absolute atomic E-state index is 13.0. The number of benzene rings is 3. The van der Waals surface area contributed by atoms with Crippen molar-refractivity contribution in [2.75, 3.05) is 34.2 Å². The average Bonchev–Trinajstić information content (AvgIpc) is 2.73. The number of rotatable bonds is 8. The van der Waals surface area contributed by atoms with E-state index in [9.17, 15) is 13.2 Å². The van der Waals surface area contributed by atoms with Crippen LogP contribution in [0.15, 0.2) is 77.7 Å². The number of fused-ring (bicyclic) bond motifs is 1. The van der Waals surface area contributed by atoms with Gasteiger partial charge in [0.05, 0.1) is 17.5 Å². The van der Waals surface area contributed by atoms with E-state index in [1.165, 1.54) is 7.05 Å². The van der Waals surface area contributed by atoms with Gasteiger partial charge in [-0.3, -0.25) is 4.79 Å². The summed E-state index contributed by atoms with van der Waals surface area (Å²) < 4.78 is 27.1. The standard InChI is InChI=1S/C23H27N3O3S/c1-25(2)16-22(19-10-5-4-6-11-19)24-23(27)17-26(3)30(28,29)21-14-13-18-9-7-8-12-20(18)15-21/h4-15,22H,16-17H2,1-3H3,(H,24,27)/t22-/m1/s1. The Bertz CT molecular complexity index is 1110. The molecule has 0 bridgehead atoms. The van der Waals surface area contributed by atoms with Gasteiger partial charge in [-0.1, -0.05) is 60.7 Å². The highest BCUT2D eigenvalue weighted by Gasteiger charge is 2.24. The first-order valence-electron chi connectivity index (χ1n) is 9.71. The van der Waals surface area contributed by atoms with Gasteiger partial charge in [-0.15, -0.1) is 0 Å². The Hall–Kier alpha value is -2.74. The van der Waals surface area contributed by atoms with Gasteiger partial charge in [0.25, 0.3) is 0 Å². The Morgan fingerprint density at radius 3 is 2.20 bits per heavy atom. The van der Waals surface area contributed by atoms with Crippen molar-refractivity contribution in [2.24, 2.45) is 0 Å². The van der Waals surface area contributed by atoms with E-state index in [0.717, 1.165) is 20.6 Å². The van der Waals surface area contributed by atoms with Crippen LogP contribution in [0, 0.1) is 0 Å². The number of hydrogen-bond donors (Lipinski definition) is 1. The summed E-state index contributed by atoms with van der Waals surface area (Å²) in [6, 6.07) is 22.0. The lowest BCUT2D eigenvalue weighted by Crippen LogP contribution is -2.42. The van der Waals surface area contributed by atoms with Gasteiger partial charge in [0.2, 0.25) is 15.9 Å². The fourth-order valence-corrected chi connectivity index (χ4v) is 4.48. The van der Waals surface area contributed by atoms with E-state index < -0.39 is 10.0 Å². The molecule has 0 unspecified atom stereocenters. The third-order valence-corrected chi connectivity index (χ3v) is 6.68. The van der Waals surface area contributed by atoms with Crippen LogP contribution in [-0.4, -0.2) is 57.8 Å². The predicted octanol–water partition coefficient (Wildman–Crippen LogP) is 2.88. The lowest BCUT2D eigenvalue weighted by Gasteiger charge is -2.24. The van der Waals surface area contributed by atoms with Gasteiger partial charge in [-0.25, -0.2) is 8.42 Å². The van der Waals surface area contributed by atoms with E-state index in [2.05, 4.69) is 5.32 Å². The Morgan fingerprint density at radius 1 is 0.900 bits per heavy atom. The van der Waals surface area contributed by atoms with Crippen molar-refractivity contribution in [1.82, 2.24) is 14.5 Å². The quantitative estimate of drug-likeness (QED) is 0.603. The first-order valence-corrected chi connectivity index (χ1v) is 11.2. The molecule has 0 aromatic heterocycles. The molecule has 1 amide bonds. The van der Waals surface area contributed by atoms with Crippen molar-refractivity contribution in [3.05, 3.63) is 78.4 Å². The van der Waals surface area contributed by atoms with Crippen LogP contribution in [0.5, 0.6) is 0 Å². The van der Waals surface area contributed by atoms with Gasteiger partial charge < -0.3 is 10.2 Å². The summed E-state index contributed by atoms with van der Waals surface area (Å²) in [5, 5.41) is 4.77. The Labute approximate surface area is 178 Å². The van der Waals surface area contributed by atoms with E-state index in [4.69, 9.17) is 0 Å². The van der Waals surface area contributed by atoms with Crippen molar-refractivity contribution < 1.29 is 13.2 Å². The smallest absolute Gasteiger partial charge is 0.243 e. The highest BCUT2D eigenvalue weighted by molar-refractivity contribution is 7.89. The number of amides is 1. The van der Waals surface area contributed by atoms with Crippen molar-refractivity contribution in [2.45, 2.75) is 10.9 Å². The molecule has 0 spiro atoms. The summed E-state index contributed by atoms with van der Waals surface area (Å²) in [6.45, 7) is 0.350. The zero-order valence-corrected chi connectivity index (χ0v) is 18.3. The Morgan fingerprint density at radius 2 is 1.53 bits per heavy atom. The minimum Gasteiger partial charge on any atom is -0.347 e. The van der Waals surface area contributed by atoms with Gasteiger partial charge in [0.15, 0.2) is 0 Å².